The topological polar surface area (TPSA) is 40.5 Å². The van der Waals surface area contributed by atoms with E-state index < -0.39 is 23.1 Å². The molecule has 0 bridgehead atoms. The van der Waals surface area contributed by atoms with Crippen LogP contribution in [-0.2, 0) is 0 Å². The molecule has 1 rings (SSSR count). The molecule has 4 heteroatoms. The number of halogens is 2. The summed E-state index contributed by atoms with van der Waals surface area (Å²) in [5.41, 5.74) is 0. The molecule has 10 heavy (non-hydrogen) atoms. The van der Waals surface area contributed by atoms with E-state index in [0.29, 0.717) is 12.1 Å². The van der Waals surface area contributed by atoms with Crippen LogP contribution in [0.1, 0.15) is 0 Å². The van der Waals surface area contributed by atoms with Crippen molar-refractivity contribution in [2.24, 2.45) is 0 Å². The van der Waals surface area contributed by atoms with Crippen molar-refractivity contribution in [3.63, 3.8) is 0 Å². The van der Waals surface area contributed by atoms with Gasteiger partial charge in [-0.15, -0.1) is 0 Å². The minimum absolute atomic E-state index is 0.505. The second kappa shape index (κ2) is 2.13. The highest BCUT2D eigenvalue weighted by Crippen LogP contribution is 2.23. The fourth-order valence-corrected chi connectivity index (χ4v) is 0.526. The standard InChI is InChI=1S/C6H4F2O2/c7-3-1-5(9)4(8)2-6(3)10/h1-2,9-10H. The van der Waals surface area contributed by atoms with Gasteiger partial charge in [0.25, 0.3) is 0 Å². The lowest BCUT2D eigenvalue weighted by Gasteiger charge is -1.96. The molecule has 1 aromatic rings. The maximum atomic E-state index is 12.2. The van der Waals surface area contributed by atoms with Gasteiger partial charge in [0.15, 0.2) is 23.1 Å². The molecular formula is C6H4F2O2. The van der Waals surface area contributed by atoms with Gasteiger partial charge in [0, 0.05) is 12.1 Å². The molecule has 0 aliphatic rings. The van der Waals surface area contributed by atoms with Crippen LogP contribution in [0.15, 0.2) is 12.1 Å². The molecular weight excluding hydrogens is 142 g/mol. The van der Waals surface area contributed by atoms with Gasteiger partial charge in [0.05, 0.1) is 0 Å². The second-order valence-electron chi connectivity index (χ2n) is 1.76. The van der Waals surface area contributed by atoms with E-state index in [9.17, 15) is 8.78 Å². The van der Waals surface area contributed by atoms with Crippen LogP contribution in [0, 0.1) is 11.6 Å². The molecule has 0 aromatic heterocycles. The monoisotopic (exact) mass is 146 g/mol. The molecule has 0 fully saturated rings. The van der Waals surface area contributed by atoms with Crippen LogP contribution in [0.25, 0.3) is 0 Å². The van der Waals surface area contributed by atoms with Gasteiger partial charge in [0.1, 0.15) is 0 Å². The first kappa shape index (κ1) is 6.80. The molecule has 0 saturated carbocycles. The smallest absolute Gasteiger partial charge is 0.168 e. The van der Waals surface area contributed by atoms with E-state index in [1.807, 2.05) is 0 Å². The Bertz CT molecular complexity index is 210. The van der Waals surface area contributed by atoms with Gasteiger partial charge < -0.3 is 10.2 Å². The van der Waals surface area contributed by atoms with Gasteiger partial charge in [-0.1, -0.05) is 0 Å². The van der Waals surface area contributed by atoms with Crippen molar-refractivity contribution in [2.45, 2.75) is 0 Å². The first-order chi connectivity index (χ1) is 4.61. The average Bonchev–Trinajstić information content (AvgIpc) is 1.84. The normalized spacial score (nSPS) is 9.80. The second-order valence-corrected chi connectivity index (χ2v) is 1.76. The fourth-order valence-electron chi connectivity index (χ4n) is 0.526. The molecule has 2 N–H and O–H groups in total. The zero-order valence-electron chi connectivity index (χ0n) is 4.81. The first-order valence-electron chi connectivity index (χ1n) is 2.48. The van der Waals surface area contributed by atoms with Gasteiger partial charge in [0.2, 0.25) is 0 Å². The number of hydrogen-bond donors (Lipinski definition) is 2. The summed E-state index contributed by atoms with van der Waals surface area (Å²) >= 11 is 0. The van der Waals surface area contributed by atoms with Crippen LogP contribution >= 0.6 is 0 Å². The fraction of sp³-hybridized carbons (Fsp3) is 0. The molecule has 0 radical (unpaired) electrons. The Morgan fingerprint density at radius 1 is 0.900 bits per heavy atom. The van der Waals surface area contributed by atoms with Gasteiger partial charge in [-0.05, 0) is 0 Å². The number of benzene rings is 1. The van der Waals surface area contributed by atoms with Crippen LogP contribution in [-0.4, -0.2) is 10.2 Å². The quantitative estimate of drug-likeness (QED) is 0.543. The zero-order valence-corrected chi connectivity index (χ0v) is 4.81. The highest BCUT2D eigenvalue weighted by molar-refractivity contribution is 5.32. The Hall–Kier alpha value is -1.32. The third-order valence-electron chi connectivity index (χ3n) is 1.02. The summed E-state index contributed by atoms with van der Waals surface area (Å²) in [4.78, 5) is 0. The molecule has 0 amide bonds. The lowest BCUT2D eigenvalue weighted by molar-refractivity contribution is 0.397. The number of rotatable bonds is 0. The van der Waals surface area contributed by atoms with Crippen LogP contribution in [0.5, 0.6) is 11.5 Å². The Morgan fingerprint density at radius 3 is 1.50 bits per heavy atom. The molecule has 0 aliphatic carbocycles. The third-order valence-corrected chi connectivity index (χ3v) is 1.02. The van der Waals surface area contributed by atoms with E-state index in [0.717, 1.165) is 0 Å². The average molecular weight is 146 g/mol. The summed E-state index contributed by atoms with van der Waals surface area (Å²) in [6.07, 6.45) is 0. The van der Waals surface area contributed by atoms with Gasteiger partial charge in [-0.2, -0.15) is 0 Å². The Morgan fingerprint density at radius 2 is 1.20 bits per heavy atom. The van der Waals surface area contributed by atoms with Crippen molar-refractivity contribution in [1.82, 2.24) is 0 Å². The highest BCUT2D eigenvalue weighted by atomic mass is 19.1. The van der Waals surface area contributed by atoms with E-state index in [-0.39, 0.29) is 0 Å². The Balaban J connectivity index is 3.28. The minimum atomic E-state index is -1.04. The summed E-state index contributed by atoms with van der Waals surface area (Å²) in [7, 11) is 0. The number of aromatic hydroxyl groups is 2. The van der Waals surface area contributed by atoms with Crippen LogP contribution in [0.2, 0.25) is 0 Å². The predicted octanol–water partition coefficient (Wildman–Crippen LogP) is 1.38. The molecule has 1 aromatic carbocycles. The van der Waals surface area contributed by atoms with Crippen LogP contribution < -0.4 is 0 Å². The summed E-state index contributed by atoms with van der Waals surface area (Å²) in [6.45, 7) is 0. The van der Waals surface area contributed by atoms with E-state index >= 15 is 0 Å². The van der Waals surface area contributed by atoms with E-state index in [1.54, 1.807) is 0 Å². The third kappa shape index (κ3) is 1.00. The molecule has 54 valence electrons. The van der Waals surface area contributed by atoms with Gasteiger partial charge in [-0.25, -0.2) is 8.78 Å². The lowest BCUT2D eigenvalue weighted by atomic mass is 10.3. The molecule has 0 saturated heterocycles. The molecule has 0 unspecified atom stereocenters. The zero-order chi connectivity index (χ0) is 7.72. The van der Waals surface area contributed by atoms with Crippen molar-refractivity contribution in [2.75, 3.05) is 0 Å². The van der Waals surface area contributed by atoms with Crippen molar-refractivity contribution < 1.29 is 19.0 Å². The van der Waals surface area contributed by atoms with Crippen molar-refractivity contribution >= 4 is 0 Å². The summed E-state index contributed by atoms with van der Waals surface area (Å²) in [5, 5.41) is 17.0. The van der Waals surface area contributed by atoms with Crippen LogP contribution in [0.4, 0.5) is 8.78 Å². The largest absolute Gasteiger partial charge is 0.505 e. The molecule has 0 heterocycles. The number of phenols is 2. The minimum Gasteiger partial charge on any atom is -0.505 e. The number of hydrogen-bond acceptors (Lipinski definition) is 2. The first-order valence-corrected chi connectivity index (χ1v) is 2.48. The van der Waals surface area contributed by atoms with E-state index in [2.05, 4.69) is 0 Å². The molecule has 2 nitrogen and oxygen atoms in total. The predicted molar refractivity (Wildman–Crippen MR) is 29.7 cm³/mol. The molecule has 0 atom stereocenters. The summed E-state index contributed by atoms with van der Waals surface area (Å²) in [6, 6.07) is 1.01. The van der Waals surface area contributed by atoms with Crippen LogP contribution in [0.3, 0.4) is 0 Å². The highest BCUT2D eigenvalue weighted by Gasteiger charge is 2.06. The van der Waals surface area contributed by atoms with Crippen molar-refractivity contribution in [3.05, 3.63) is 23.8 Å². The Labute approximate surface area is 55.4 Å². The Kier molecular flexibility index (Phi) is 1.45. The molecule has 0 aliphatic heterocycles. The van der Waals surface area contributed by atoms with Gasteiger partial charge >= 0.3 is 0 Å². The van der Waals surface area contributed by atoms with Crippen molar-refractivity contribution in [1.29, 1.82) is 0 Å². The maximum Gasteiger partial charge on any atom is 0.168 e. The van der Waals surface area contributed by atoms with E-state index in [4.69, 9.17) is 10.2 Å². The van der Waals surface area contributed by atoms with E-state index in [1.165, 1.54) is 0 Å². The maximum absolute atomic E-state index is 12.2. The lowest BCUT2D eigenvalue weighted by Crippen LogP contribution is -1.79. The van der Waals surface area contributed by atoms with Crippen molar-refractivity contribution in [3.8, 4) is 11.5 Å². The SMILES string of the molecule is Oc1cc(F)c(O)cc1F. The molecule has 0 spiro atoms. The summed E-state index contributed by atoms with van der Waals surface area (Å²) < 4.78 is 24.4. The number of phenolic OH excluding ortho intramolecular Hbond substituents is 2. The van der Waals surface area contributed by atoms with Gasteiger partial charge in [-0.3, -0.25) is 0 Å². The summed E-state index contributed by atoms with van der Waals surface area (Å²) in [5.74, 6) is -3.71.